The Labute approximate surface area is 115 Å². The molecule has 0 aromatic heterocycles. The molecule has 0 aromatic rings. The van der Waals surface area contributed by atoms with Crippen LogP contribution in [0.15, 0.2) is 0 Å². The van der Waals surface area contributed by atoms with Gasteiger partial charge < -0.3 is 15.3 Å². The molecule has 112 valence electrons. The molecule has 1 unspecified atom stereocenters. The van der Waals surface area contributed by atoms with Gasteiger partial charge in [0.05, 0.1) is 12.6 Å². The first-order chi connectivity index (χ1) is 8.33. The number of hydrogen-bond acceptors (Lipinski definition) is 3. The molecule has 2 saturated heterocycles. The first-order valence-electron chi connectivity index (χ1n) is 6.15. The van der Waals surface area contributed by atoms with Gasteiger partial charge in [0.25, 0.3) is 0 Å². The number of halogens is 4. The van der Waals surface area contributed by atoms with E-state index in [2.05, 4.69) is 5.32 Å². The van der Waals surface area contributed by atoms with Crippen molar-refractivity contribution in [1.29, 1.82) is 0 Å². The molecule has 2 fully saturated rings. The number of rotatable bonds is 1. The van der Waals surface area contributed by atoms with Crippen LogP contribution in [-0.4, -0.2) is 53.4 Å². The summed E-state index contributed by atoms with van der Waals surface area (Å²) < 4.78 is 37.9. The first-order valence-corrected chi connectivity index (χ1v) is 6.15. The molecule has 2 heterocycles. The second-order valence-electron chi connectivity index (χ2n) is 5.04. The third-order valence-electron chi connectivity index (χ3n) is 3.70. The van der Waals surface area contributed by atoms with Crippen LogP contribution in [0.3, 0.4) is 0 Å². The van der Waals surface area contributed by atoms with Crippen molar-refractivity contribution in [3.05, 3.63) is 0 Å². The fourth-order valence-electron chi connectivity index (χ4n) is 2.50. The Hall–Kier alpha value is -0.530. The van der Waals surface area contributed by atoms with Crippen molar-refractivity contribution in [2.45, 2.75) is 43.5 Å². The molecule has 0 aliphatic carbocycles. The van der Waals surface area contributed by atoms with E-state index in [9.17, 15) is 23.1 Å². The molecule has 0 spiro atoms. The van der Waals surface area contributed by atoms with Gasteiger partial charge in [-0.2, -0.15) is 13.2 Å². The second-order valence-corrected chi connectivity index (χ2v) is 5.04. The summed E-state index contributed by atoms with van der Waals surface area (Å²) in [6, 6.07) is -0.394. The average molecular weight is 303 g/mol. The zero-order valence-electron chi connectivity index (χ0n) is 10.4. The molecule has 19 heavy (non-hydrogen) atoms. The monoisotopic (exact) mass is 302 g/mol. The first kappa shape index (κ1) is 16.5. The summed E-state index contributed by atoms with van der Waals surface area (Å²) in [5, 5.41) is 12.5. The molecular weight excluding hydrogens is 285 g/mol. The Morgan fingerprint density at radius 3 is 2.53 bits per heavy atom. The van der Waals surface area contributed by atoms with E-state index in [1.165, 1.54) is 0 Å². The zero-order valence-corrected chi connectivity index (χ0v) is 11.2. The number of nitrogens with one attached hydrogen (secondary N) is 1. The van der Waals surface area contributed by atoms with E-state index in [1.807, 2.05) is 0 Å². The molecule has 2 aliphatic rings. The molecule has 2 rings (SSSR count). The molecule has 2 aliphatic heterocycles. The van der Waals surface area contributed by atoms with E-state index in [0.29, 0.717) is 13.0 Å². The van der Waals surface area contributed by atoms with Crippen molar-refractivity contribution >= 4 is 18.3 Å². The van der Waals surface area contributed by atoms with Crippen molar-refractivity contribution < 1.29 is 23.1 Å². The summed E-state index contributed by atoms with van der Waals surface area (Å²) >= 11 is 0. The molecule has 2 N–H and O–H groups in total. The predicted molar refractivity (Wildman–Crippen MR) is 65.1 cm³/mol. The lowest BCUT2D eigenvalue weighted by atomic mass is 10.0. The predicted octanol–water partition coefficient (Wildman–Crippen LogP) is 1.08. The lowest BCUT2D eigenvalue weighted by molar-refractivity contribution is -0.253. The number of alkyl halides is 3. The Kier molecular flexibility index (Phi) is 5.08. The van der Waals surface area contributed by atoms with Crippen LogP contribution in [0, 0.1) is 0 Å². The van der Waals surface area contributed by atoms with Crippen molar-refractivity contribution in [1.82, 2.24) is 10.2 Å². The average Bonchev–Trinajstić information content (AvgIpc) is 2.73. The molecule has 0 radical (unpaired) electrons. The maximum Gasteiger partial charge on any atom is 0.419 e. The summed E-state index contributed by atoms with van der Waals surface area (Å²) in [5.74, 6) is -0.324. The topological polar surface area (TPSA) is 52.6 Å². The Balaban J connectivity index is 0.00000180. The number of carbonyl (C=O) groups is 1. The van der Waals surface area contributed by atoms with Gasteiger partial charge in [-0.25, -0.2) is 0 Å². The minimum absolute atomic E-state index is 0. The third-order valence-corrected chi connectivity index (χ3v) is 3.70. The van der Waals surface area contributed by atoms with Crippen LogP contribution >= 0.6 is 12.4 Å². The lowest BCUT2D eigenvalue weighted by Gasteiger charge is -2.29. The molecule has 8 heteroatoms. The molecule has 1 amide bonds. The number of aliphatic hydroxyl groups is 1. The number of amides is 1. The van der Waals surface area contributed by atoms with Crippen LogP contribution in [0.2, 0.25) is 0 Å². The number of likely N-dealkylation sites (tertiary alicyclic amines) is 1. The van der Waals surface area contributed by atoms with Gasteiger partial charge in [-0.15, -0.1) is 12.4 Å². The highest BCUT2D eigenvalue weighted by atomic mass is 35.5. The second kappa shape index (κ2) is 5.85. The Bertz CT molecular complexity index is 334. The van der Waals surface area contributed by atoms with E-state index in [4.69, 9.17) is 0 Å². The summed E-state index contributed by atoms with van der Waals surface area (Å²) in [6.45, 7) is 0.0360. The standard InChI is InChI=1S/C11H17F3N2O2.ClH/c12-11(13,14)10(18)4-6-16(7-10)9(17)8-3-1-2-5-15-8;/h8,15,18H,1-7H2;1H/t8-,10?;/m1./s1. The van der Waals surface area contributed by atoms with E-state index in [-0.39, 0.29) is 24.9 Å². The van der Waals surface area contributed by atoms with Crippen LogP contribution in [-0.2, 0) is 4.79 Å². The van der Waals surface area contributed by atoms with Crippen LogP contribution in [0.25, 0.3) is 0 Å². The summed E-state index contributed by atoms with van der Waals surface area (Å²) in [4.78, 5) is 13.1. The van der Waals surface area contributed by atoms with Crippen molar-refractivity contribution in [3.63, 3.8) is 0 Å². The highest BCUT2D eigenvalue weighted by molar-refractivity contribution is 5.85. The van der Waals surface area contributed by atoms with Crippen LogP contribution < -0.4 is 5.32 Å². The number of nitrogens with zero attached hydrogens (tertiary/aromatic N) is 1. The minimum Gasteiger partial charge on any atom is -0.379 e. The maximum atomic E-state index is 12.6. The van der Waals surface area contributed by atoms with Gasteiger partial charge in [-0.3, -0.25) is 4.79 Å². The van der Waals surface area contributed by atoms with Gasteiger partial charge in [-0.05, 0) is 19.4 Å². The maximum absolute atomic E-state index is 12.6. The zero-order chi connectivity index (χ0) is 13.4. The van der Waals surface area contributed by atoms with Gasteiger partial charge in [0.2, 0.25) is 5.91 Å². The number of carbonyl (C=O) groups excluding carboxylic acids is 1. The fourth-order valence-corrected chi connectivity index (χ4v) is 2.50. The van der Waals surface area contributed by atoms with E-state index in [0.717, 1.165) is 17.7 Å². The normalized spacial score (nSPS) is 32.0. The van der Waals surface area contributed by atoms with Crippen molar-refractivity contribution in [2.24, 2.45) is 0 Å². The molecule has 0 aromatic carbocycles. The minimum atomic E-state index is -4.68. The largest absolute Gasteiger partial charge is 0.419 e. The third kappa shape index (κ3) is 3.32. The molecular formula is C11H18ClF3N2O2. The highest BCUT2D eigenvalue weighted by Gasteiger charge is 2.58. The summed E-state index contributed by atoms with van der Waals surface area (Å²) in [7, 11) is 0. The number of β-amino-alcohol motifs (C(OH)–C–C–N with tert-alkyl or cyclic N) is 1. The van der Waals surface area contributed by atoms with Crippen LogP contribution in [0.4, 0.5) is 13.2 Å². The number of piperidine rings is 1. The van der Waals surface area contributed by atoms with E-state index in [1.54, 1.807) is 0 Å². The SMILES string of the molecule is Cl.O=C([C@H]1CCCCN1)N1CCC(O)(C(F)(F)F)C1. The summed E-state index contributed by atoms with van der Waals surface area (Å²) in [6.07, 6.45) is -2.58. The van der Waals surface area contributed by atoms with Gasteiger partial charge >= 0.3 is 6.18 Å². The van der Waals surface area contributed by atoms with E-state index >= 15 is 0 Å². The highest BCUT2D eigenvalue weighted by Crippen LogP contribution is 2.37. The lowest BCUT2D eigenvalue weighted by Crippen LogP contribution is -2.51. The fraction of sp³-hybridized carbons (Fsp3) is 0.909. The molecule has 0 saturated carbocycles. The van der Waals surface area contributed by atoms with Crippen LogP contribution in [0.1, 0.15) is 25.7 Å². The van der Waals surface area contributed by atoms with E-state index < -0.39 is 30.8 Å². The van der Waals surface area contributed by atoms with Gasteiger partial charge in [0.15, 0.2) is 5.60 Å². The van der Waals surface area contributed by atoms with Gasteiger partial charge in [0.1, 0.15) is 0 Å². The smallest absolute Gasteiger partial charge is 0.379 e. The van der Waals surface area contributed by atoms with Crippen molar-refractivity contribution in [2.75, 3.05) is 19.6 Å². The molecule has 0 bridgehead atoms. The Morgan fingerprint density at radius 2 is 2.05 bits per heavy atom. The van der Waals surface area contributed by atoms with Crippen LogP contribution in [0.5, 0.6) is 0 Å². The molecule has 4 nitrogen and oxygen atoms in total. The number of hydrogen-bond donors (Lipinski definition) is 2. The quantitative estimate of drug-likeness (QED) is 0.762. The van der Waals surface area contributed by atoms with Gasteiger partial charge in [-0.1, -0.05) is 6.42 Å². The van der Waals surface area contributed by atoms with Crippen molar-refractivity contribution in [3.8, 4) is 0 Å². The Morgan fingerprint density at radius 1 is 1.37 bits per heavy atom. The molecule has 2 atom stereocenters. The summed E-state index contributed by atoms with van der Waals surface area (Å²) in [5.41, 5.74) is -2.74. The van der Waals surface area contributed by atoms with Gasteiger partial charge in [0, 0.05) is 13.0 Å².